The van der Waals surface area contributed by atoms with E-state index in [2.05, 4.69) is 10.6 Å². The van der Waals surface area contributed by atoms with Crippen molar-refractivity contribution in [2.75, 3.05) is 0 Å². The summed E-state index contributed by atoms with van der Waals surface area (Å²) in [5.74, 6) is -2.92. The standard InChI is InChI=1S/C25H36N2O8/c1-12(28)20(24(32)33)26-18-11-19(30)22(27-21(13(2)29)25(34)35)17(23(18)31)10-15-8-5-7-14-6-3-4-9-16(14)15/h11-16,20-21,26-29H,3-10H2,1-2H3,(H,32,33)(H,34,35)/t12-,13-,14?,15?,16?,20+,21+/m0/s1. The molecule has 194 valence electrons. The molecule has 0 aromatic rings. The van der Waals surface area contributed by atoms with Gasteiger partial charge in [0.2, 0.25) is 11.6 Å². The number of Topliss-reactive ketones (excluding diaryl/α,β-unsaturated/α-hetero) is 1. The minimum Gasteiger partial charge on any atom is -0.480 e. The van der Waals surface area contributed by atoms with Crippen LogP contribution in [-0.2, 0) is 19.2 Å². The van der Waals surface area contributed by atoms with Gasteiger partial charge in [0, 0.05) is 11.6 Å². The van der Waals surface area contributed by atoms with Crippen molar-refractivity contribution in [3.8, 4) is 0 Å². The van der Waals surface area contributed by atoms with Gasteiger partial charge in [0.1, 0.15) is 0 Å². The number of carbonyl (C=O) groups excluding carboxylic acids is 2. The Morgan fingerprint density at radius 3 is 2.09 bits per heavy atom. The highest BCUT2D eigenvalue weighted by atomic mass is 16.4. The molecule has 3 unspecified atom stereocenters. The number of carbonyl (C=O) groups is 4. The van der Waals surface area contributed by atoms with Gasteiger partial charge in [-0.25, -0.2) is 9.59 Å². The maximum absolute atomic E-state index is 13.6. The van der Waals surface area contributed by atoms with Crippen molar-refractivity contribution in [1.82, 2.24) is 10.6 Å². The third kappa shape index (κ3) is 6.10. The van der Waals surface area contributed by atoms with Gasteiger partial charge in [-0.1, -0.05) is 32.1 Å². The molecule has 3 aliphatic rings. The van der Waals surface area contributed by atoms with Crippen LogP contribution >= 0.6 is 0 Å². The SMILES string of the molecule is C[C@H](O)[C@@H](NC1=CC(=O)C(N[C@@H](C(=O)O)[C@H](C)O)=C(CC2CCCC3CCCCC32)C1=O)C(=O)O. The maximum atomic E-state index is 13.6. The van der Waals surface area contributed by atoms with Gasteiger partial charge in [0.15, 0.2) is 12.1 Å². The molecule has 0 aliphatic heterocycles. The summed E-state index contributed by atoms with van der Waals surface area (Å²) in [7, 11) is 0. The summed E-state index contributed by atoms with van der Waals surface area (Å²) in [6.45, 7) is 2.54. The Morgan fingerprint density at radius 2 is 1.49 bits per heavy atom. The van der Waals surface area contributed by atoms with Crippen molar-refractivity contribution in [3.63, 3.8) is 0 Å². The molecule has 10 heteroatoms. The molecule has 0 saturated heterocycles. The lowest BCUT2D eigenvalue weighted by Crippen LogP contribution is -2.49. The zero-order valence-electron chi connectivity index (χ0n) is 20.2. The van der Waals surface area contributed by atoms with Crippen molar-refractivity contribution < 1.29 is 39.6 Å². The largest absolute Gasteiger partial charge is 0.480 e. The molecule has 2 saturated carbocycles. The molecule has 0 heterocycles. The minimum absolute atomic E-state index is 0.0952. The van der Waals surface area contributed by atoms with Gasteiger partial charge < -0.3 is 31.1 Å². The number of ketones is 2. The number of carboxylic acid groups (broad SMARTS) is 2. The number of hydrogen-bond acceptors (Lipinski definition) is 8. The second kappa shape index (κ2) is 11.3. The summed E-state index contributed by atoms with van der Waals surface area (Å²) in [4.78, 5) is 49.9. The lowest BCUT2D eigenvalue weighted by Gasteiger charge is -2.42. The van der Waals surface area contributed by atoms with E-state index in [0.29, 0.717) is 11.8 Å². The third-order valence-corrected chi connectivity index (χ3v) is 7.64. The monoisotopic (exact) mass is 492 g/mol. The Bertz CT molecular complexity index is 920. The van der Waals surface area contributed by atoms with Crippen LogP contribution in [0.4, 0.5) is 0 Å². The van der Waals surface area contributed by atoms with E-state index >= 15 is 0 Å². The highest BCUT2D eigenvalue weighted by molar-refractivity contribution is 6.22. The molecule has 0 aromatic heterocycles. The van der Waals surface area contributed by atoms with E-state index in [0.717, 1.165) is 44.6 Å². The van der Waals surface area contributed by atoms with E-state index in [1.54, 1.807) is 0 Å². The van der Waals surface area contributed by atoms with E-state index in [9.17, 15) is 39.6 Å². The number of allylic oxidation sites excluding steroid dienone is 2. The fraction of sp³-hybridized carbons (Fsp3) is 0.680. The average molecular weight is 493 g/mol. The van der Waals surface area contributed by atoms with Crippen LogP contribution in [0.25, 0.3) is 0 Å². The Kier molecular flexibility index (Phi) is 8.71. The van der Waals surface area contributed by atoms with Crippen LogP contribution in [0.3, 0.4) is 0 Å². The van der Waals surface area contributed by atoms with Crippen LogP contribution < -0.4 is 10.6 Å². The maximum Gasteiger partial charge on any atom is 0.328 e. The molecule has 3 aliphatic carbocycles. The van der Waals surface area contributed by atoms with E-state index in [4.69, 9.17) is 0 Å². The van der Waals surface area contributed by atoms with E-state index in [-0.39, 0.29) is 29.3 Å². The van der Waals surface area contributed by atoms with Gasteiger partial charge in [0.25, 0.3) is 0 Å². The summed E-state index contributed by atoms with van der Waals surface area (Å²) in [5.41, 5.74) is -0.322. The van der Waals surface area contributed by atoms with Gasteiger partial charge in [-0.15, -0.1) is 0 Å². The predicted molar refractivity (Wildman–Crippen MR) is 125 cm³/mol. The molecule has 0 bridgehead atoms. The summed E-state index contributed by atoms with van der Waals surface area (Å²) >= 11 is 0. The fourth-order valence-electron chi connectivity index (χ4n) is 5.84. The van der Waals surface area contributed by atoms with E-state index in [1.807, 2.05) is 0 Å². The lowest BCUT2D eigenvalue weighted by atomic mass is 9.63. The first kappa shape index (κ1) is 26.9. The molecule has 0 spiro atoms. The molecular formula is C25H36N2O8. The smallest absolute Gasteiger partial charge is 0.328 e. The zero-order valence-corrected chi connectivity index (χ0v) is 20.2. The summed E-state index contributed by atoms with van der Waals surface area (Å²) in [6, 6.07) is -3.01. The first-order valence-electron chi connectivity index (χ1n) is 12.4. The number of rotatable bonds is 10. The molecule has 35 heavy (non-hydrogen) atoms. The number of fused-ring (bicyclic) bond motifs is 1. The number of aliphatic hydroxyl groups is 2. The molecule has 0 radical (unpaired) electrons. The quantitative estimate of drug-likeness (QED) is 0.243. The Balaban J connectivity index is 1.97. The Labute approximate surface area is 204 Å². The number of hydrogen-bond donors (Lipinski definition) is 6. The highest BCUT2D eigenvalue weighted by Gasteiger charge is 2.40. The normalized spacial score (nSPS) is 28.3. The van der Waals surface area contributed by atoms with Crippen LogP contribution in [0.5, 0.6) is 0 Å². The lowest BCUT2D eigenvalue weighted by molar-refractivity contribution is -0.143. The first-order chi connectivity index (χ1) is 16.5. The summed E-state index contributed by atoms with van der Waals surface area (Å²) < 4.78 is 0. The van der Waals surface area contributed by atoms with Gasteiger partial charge >= 0.3 is 11.9 Å². The fourth-order valence-corrected chi connectivity index (χ4v) is 5.84. The molecule has 7 atom stereocenters. The minimum atomic E-state index is -1.50. The number of carboxylic acids is 2. The van der Waals surface area contributed by atoms with Gasteiger partial charge in [0.05, 0.1) is 23.6 Å². The van der Waals surface area contributed by atoms with Gasteiger partial charge in [-0.05, 0) is 50.9 Å². The molecule has 2 fully saturated rings. The average Bonchev–Trinajstić information content (AvgIpc) is 2.79. The molecule has 0 aromatic carbocycles. The van der Waals surface area contributed by atoms with Crippen molar-refractivity contribution in [2.24, 2.45) is 17.8 Å². The summed E-state index contributed by atoms with van der Waals surface area (Å²) in [6.07, 6.45) is 6.03. The second-order valence-corrected chi connectivity index (χ2v) is 10.1. The first-order valence-corrected chi connectivity index (χ1v) is 12.4. The zero-order chi connectivity index (χ0) is 25.9. The number of aliphatic carboxylic acids is 2. The molecule has 0 amide bonds. The van der Waals surface area contributed by atoms with E-state index < -0.39 is 47.8 Å². The van der Waals surface area contributed by atoms with Crippen molar-refractivity contribution in [1.29, 1.82) is 0 Å². The highest BCUT2D eigenvalue weighted by Crippen LogP contribution is 2.46. The second-order valence-electron chi connectivity index (χ2n) is 10.1. The Hall–Kier alpha value is -2.72. The van der Waals surface area contributed by atoms with E-state index in [1.165, 1.54) is 20.3 Å². The molecule has 10 nitrogen and oxygen atoms in total. The van der Waals surface area contributed by atoms with Crippen molar-refractivity contribution >= 4 is 23.5 Å². The Morgan fingerprint density at radius 1 is 0.914 bits per heavy atom. The molecule has 6 N–H and O–H groups in total. The van der Waals surface area contributed by atoms with Crippen molar-refractivity contribution in [2.45, 2.75) is 89.5 Å². The van der Waals surface area contributed by atoms with Crippen LogP contribution in [0.2, 0.25) is 0 Å². The topological polar surface area (TPSA) is 173 Å². The number of aliphatic hydroxyl groups excluding tert-OH is 2. The van der Waals surface area contributed by atoms with Crippen LogP contribution in [0.15, 0.2) is 23.0 Å². The third-order valence-electron chi connectivity index (χ3n) is 7.64. The van der Waals surface area contributed by atoms with Crippen LogP contribution in [-0.4, -0.2) is 68.2 Å². The van der Waals surface area contributed by atoms with Crippen LogP contribution in [0, 0.1) is 17.8 Å². The molecular weight excluding hydrogens is 456 g/mol. The van der Waals surface area contributed by atoms with Gasteiger partial charge in [-0.3, -0.25) is 9.59 Å². The van der Waals surface area contributed by atoms with Crippen LogP contribution in [0.1, 0.15) is 65.2 Å². The predicted octanol–water partition coefficient (Wildman–Crippen LogP) is 1.12. The van der Waals surface area contributed by atoms with Crippen molar-refractivity contribution in [3.05, 3.63) is 23.0 Å². The van der Waals surface area contributed by atoms with Gasteiger partial charge in [-0.2, -0.15) is 0 Å². The summed E-state index contributed by atoms with van der Waals surface area (Å²) in [5, 5.41) is 43.8. The molecule has 3 rings (SSSR count). The number of nitrogens with one attached hydrogen (secondary N) is 2.